The molecule has 0 radical (unpaired) electrons. The molecule has 0 N–H and O–H groups in total. The first kappa shape index (κ1) is 14.3. The molecule has 0 spiro atoms. The number of rotatable bonds is 3. The topological polar surface area (TPSA) is 57.7 Å². The van der Waals surface area contributed by atoms with Crippen molar-refractivity contribution in [2.45, 2.75) is 6.54 Å². The van der Waals surface area contributed by atoms with Crippen LogP contribution in [-0.2, 0) is 16.1 Å². The van der Waals surface area contributed by atoms with Crippen LogP contribution < -0.4 is 4.90 Å². The van der Waals surface area contributed by atoms with Crippen molar-refractivity contribution in [3.63, 3.8) is 0 Å². The van der Waals surface area contributed by atoms with E-state index >= 15 is 0 Å². The lowest BCUT2D eigenvalue weighted by Gasteiger charge is -2.15. The van der Waals surface area contributed by atoms with Gasteiger partial charge >= 0.3 is 17.8 Å². The van der Waals surface area contributed by atoms with Crippen LogP contribution in [0, 0.1) is 0 Å². The van der Waals surface area contributed by atoms with Crippen molar-refractivity contribution in [2.75, 3.05) is 4.90 Å². The molecule has 1 heterocycles. The van der Waals surface area contributed by atoms with Crippen molar-refractivity contribution in [2.24, 2.45) is 0 Å². The number of urea groups is 1. The van der Waals surface area contributed by atoms with Gasteiger partial charge in [0, 0.05) is 5.02 Å². The molecule has 1 aliphatic rings. The summed E-state index contributed by atoms with van der Waals surface area (Å²) in [6, 6.07) is 14.5. The molecule has 1 saturated heterocycles. The number of hydrogen-bond acceptors (Lipinski definition) is 3. The van der Waals surface area contributed by atoms with Crippen LogP contribution >= 0.6 is 11.6 Å². The van der Waals surface area contributed by atoms with Crippen LogP contribution in [0.25, 0.3) is 0 Å². The Morgan fingerprint density at radius 3 is 2.09 bits per heavy atom. The van der Waals surface area contributed by atoms with Gasteiger partial charge in [-0.25, -0.2) is 9.69 Å². The number of hydrogen-bond donors (Lipinski definition) is 0. The van der Waals surface area contributed by atoms with Crippen molar-refractivity contribution < 1.29 is 14.4 Å². The van der Waals surface area contributed by atoms with Crippen molar-refractivity contribution in [1.29, 1.82) is 0 Å². The number of carbonyl (C=O) groups excluding carboxylic acids is 3. The maximum Gasteiger partial charge on any atom is 0.339 e. The van der Waals surface area contributed by atoms with E-state index in [1.54, 1.807) is 36.4 Å². The van der Waals surface area contributed by atoms with Gasteiger partial charge in [-0.2, -0.15) is 0 Å². The molecule has 1 fully saturated rings. The zero-order chi connectivity index (χ0) is 15.7. The summed E-state index contributed by atoms with van der Waals surface area (Å²) in [5.74, 6) is -1.69. The van der Waals surface area contributed by atoms with Gasteiger partial charge in [-0.3, -0.25) is 14.5 Å². The third kappa shape index (κ3) is 2.46. The summed E-state index contributed by atoms with van der Waals surface area (Å²) >= 11 is 5.79. The van der Waals surface area contributed by atoms with Gasteiger partial charge in [-0.05, 0) is 29.8 Å². The molecule has 110 valence electrons. The Hall–Kier alpha value is -2.66. The quantitative estimate of drug-likeness (QED) is 0.646. The maximum absolute atomic E-state index is 12.4. The Kier molecular flexibility index (Phi) is 3.65. The molecule has 5 nitrogen and oxygen atoms in total. The highest BCUT2D eigenvalue weighted by Crippen LogP contribution is 2.24. The minimum atomic E-state index is -0.858. The number of carbonyl (C=O) groups is 3. The largest absolute Gasteiger partial charge is 0.339 e. The van der Waals surface area contributed by atoms with Gasteiger partial charge in [0.25, 0.3) is 0 Å². The predicted octanol–water partition coefficient (Wildman–Crippen LogP) is 2.84. The van der Waals surface area contributed by atoms with Crippen LogP contribution in [0.3, 0.4) is 0 Å². The Labute approximate surface area is 131 Å². The second-order valence-corrected chi connectivity index (χ2v) is 5.21. The molecule has 0 unspecified atom stereocenters. The van der Waals surface area contributed by atoms with E-state index in [0.29, 0.717) is 10.7 Å². The van der Waals surface area contributed by atoms with Crippen LogP contribution in [-0.4, -0.2) is 22.7 Å². The summed E-state index contributed by atoms with van der Waals surface area (Å²) in [7, 11) is 0. The Balaban J connectivity index is 1.89. The first-order chi connectivity index (χ1) is 10.6. The molecule has 0 aromatic heterocycles. The molecule has 22 heavy (non-hydrogen) atoms. The number of halogens is 1. The van der Waals surface area contributed by atoms with Gasteiger partial charge in [-0.1, -0.05) is 41.9 Å². The molecule has 1 aliphatic heterocycles. The lowest BCUT2D eigenvalue weighted by Crippen LogP contribution is -2.33. The zero-order valence-electron chi connectivity index (χ0n) is 11.4. The van der Waals surface area contributed by atoms with Gasteiger partial charge < -0.3 is 0 Å². The Morgan fingerprint density at radius 1 is 0.818 bits per heavy atom. The van der Waals surface area contributed by atoms with Gasteiger partial charge in [0.1, 0.15) is 0 Å². The fourth-order valence-corrected chi connectivity index (χ4v) is 2.35. The van der Waals surface area contributed by atoms with Gasteiger partial charge in [0.2, 0.25) is 0 Å². The summed E-state index contributed by atoms with van der Waals surface area (Å²) in [5.41, 5.74) is 1.10. The van der Waals surface area contributed by atoms with Crippen LogP contribution in [0.2, 0.25) is 5.02 Å². The summed E-state index contributed by atoms with van der Waals surface area (Å²) < 4.78 is 0. The average Bonchev–Trinajstić information content (AvgIpc) is 2.73. The summed E-state index contributed by atoms with van der Waals surface area (Å²) in [5, 5.41) is 0.482. The molecule has 3 rings (SSSR count). The second-order valence-electron chi connectivity index (χ2n) is 4.78. The van der Waals surface area contributed by atoms with Crippen molar-refractivity contribution in [3.05, 3.63) is 65.2 Å². The molecular formula is C16H11ClN2O3. The van der Waals surface area contributed by atoms with Crippen molar-refractivity contribution >= 4 is 35.1 Å². The molecule has 2 aromatic carbocycles. The molecule has 2 aromatic rings. The first-order valence-corrected chi connectivity index (χ1v) is 6.95. The van der Waals surface area contributed by atoms with Gasteiger partial charge in [-0.15, -0.1) is 0 Å². The minimum absolute atomic E-state index is 0.0638. The molecule has 0 saturated carbocycles. The van der Waals surface area contributed by atoms with E-state index in [4.69, 9.17) is 11.6 Å². The molecule has 0 atom stereocenters. The third-order valence-electron chi connectivity index (χ3n) is 3.32. The SMILES string of the molecule is O=C1C(=O)N(c2ccc(Cl)cc2)C(=O)N1Cc1ccccc1. The smallest absolute Gasteiger partial charge is 0.263 e. The number of amides is 4. The van der Waals surface area contributed by atoms with E-state index in [1.807, 2.05) is 6.07 Å². The van der Waals surface area contributed by atoms with Crippen LogP contribution in [0.15, 0.2) is 54.6 Å². The van der Waals surface area contributed by atoms with Gasteiger partial charge in [0.05, 0.1) is 12.2 Å². The highest BCUT2D eigenvalue weighted by molar-refractivity contribution is 6.52. The minimum Gasteiger partial charge on any atom is -0.263 e. The standard InChI is InChI=1S/C16H11ClN2O3/c17-12-6-8-13(9-7-12)19-15(21)14(20)18(16(19)22)10-11-4-2-1-3-5-11/h1-9H,10H2. The van der Waals surface area contributed by atoms with Gasteiger partial charge in [0.15, 0.2) is 0 Å². The number of benzene rings is 2. The van der Waals surface area contributed by atoms with E-state index in [0.717, 1.165) is 15.4 Å². The zero-order valence-corrected chi connectivity index (χ0v) is 12.2. The summed E-state index contributed by atoms with van der Waals surface area (Å²) in [6.45, 7) is 0.0638. The highest BCUT2D eigenvalue weighted by atomic mass is 35.5. The monoisotopic (exact) mass is 314 g/mol. The Morgan fingerprint density at radius 2 is 1.45 bits per heavy atom. The predicted molar refractivity (Wildman–Crippen MR) is 81.3 cm³/mol. The third-order valence-corrected chi connectivity index (χ3v) is 3.57. The first-order valence-electron chi connectivity index (χ1n) is 6.57. The fraction of sp³-hybridized carbons (Fsp3) is 0.0625. The number of nitrogens with zero attached hydrogens (tertiary/aromatic N) is 2. The lowest BCUT2D eigenvalue weighted by molar-refractivity contribution is -0.139. The molecule has 4 amide bonds. The van der Waals surface area contributed by atoms with E-state index in [9.17, 15) is 14.4 Å². The van der Waals surface area contributed by atoms with Crippen LogP contribution in [0.5, 0.6) is 0 Å². The lowest BCUT2D eigenvalue weighted by atomic mass is 10.2. The van der Waals surface area contributed by atoms with E-state index in [2.05, 4.69) is 0 Å². The van der Waals surface area contributed by atoms with Crippen molar-refractivity contribution in [1.82, 2.24) is 4.90 Å². The molecule has 0 bridgehead atoms. The van der Waals surface area contributed by atoms with Crippen LogP contribution in [0.4, 0.5) is 10.5 Å². The van der Waals surface area contributed by atoms with Crippen molar-refractivity contribution in [3.8, 4) is 0 Å². The molecular weight excluding hydrogens is 304 g/mol. The molecule has 6 heteroatoms. The maximum atomic E-state index is 12.4. The summed E-state index contributed by atoms with van der Waals surface area (Å²) in [4.78, 5) is 38.3. The van der Waals surface area contributed by atoms with Crippen LogP contribution in [0.1, 0.15) is 5.56 Å². The molecule has 0 aliphatic carbocycles. The fourth-order valence-electron chi connectivity index (χ4n) is 2.23. The Bertz CT molecular complexity index is 744. The number of anilines is 1. The average molecular weight is 315 g/mol. The van der Waals surface area contributed by atoms with E-state index in [1.165, 1.54) is 12.1 Å². The normalized spacial score (nSPS) is 14.9. The number of imide groups is 2. The summed E-state index contributed by atoms with van der Waals surface area (Å²) in [6.07, 6.45) is 0. The van der Waals surface area contributed by atoms with E-state index in [-0.39, 0.29) is 6.54 Å². The second kappa shape index (κ2) is 5.61. The highest BCUT2D eigenvalue weighted by Gasteiger charge is 2.45. The van der Waals surface area contributed by atoms with E-state index < -0.39 is 17.8 Å².